The maximum absolute atomic E-state index is 13.1. The number of hydrogen-bond donors (Lipinski definition) is 1. The van der Waals surface area contributed by atoms with E-state index >= 15 is 0 Å². The van der Waals surface area contributed by atoms with Gasteiger partial charge in [0, 0.05) is 18.3 Å². The lowest BCUT2D eigenvalue weighted by Gasteiger charge is -2.22. The minimum Gasteiger partial charge on any atom is -0.619 e. The lowest BCUT2D eigenvalue weighted by Crippen LogP contribution is -2.34. The van der Waals surface area contributed by atoms with Crippen molar-refractivity contribution in [1.82, 2.24) is 0 Å². The number of anilines is 2. The van der Waals surface area contributed by atoms with E-state index in [2.05, 4.69) is 5.32 Å². The highest BCUT2D eigenvalue weighted by Crippen LogP contribution is 2.30. The molecule has 9 heteroatoms. The van der Waals surface area contributed by atoms with Gasteiger partial charge in [-0.25, -0.2) is 8.42 Å². The van der Waals surface area contributed by atoms with Crippen LogP contribution in [0.3, 0.4) is 0 Å². The van der Waals surface area contributed by atoms with Crippen LogP contribution in [0.5, 0.6) is 5.75 Å². The van der Waals surface area contributed by atoms with Crippen LogP contribution in [-0.2, 0) is 14.8 Å². The van der Waals surface area contributed by atoms with Crippen LogP contribution in [-0.4, -0.2) is 32.7 Å². The van der Waals surface area contributed by atoms with Crippen molar-refractivity contribution in [2.45, 2.75) is 39.7 Å². The molecule has 0 radical (unpaired) electrons. The molecular weight excluding hydrogens is 454 g/mol. The number of carbonyl (C=O) groups excluding carboxylic acids is 1. The zero-order chi connectivity index (χ0) is 24.5. The molecule has 34 heavy (non-hydrogen) atoms. The standard InChI is InChI=1S/C25H29N3O5S/c1-17(2)13-24(33-22-7-5-19-9-11-27(30)16-20(19)15-22)25(29)26-21-6-8-23(18(3)14-21)28-10-4-12-34(28,31)32/h5-9,11,14-17,24H,4,10,12-13H2,1-3H3,(H,26,29). The minimum atomic E-state index is -3.27. The Labute approximate surface area is 199 Å². The summed E-state index contributed by atoms with van der Waals surface area (Å²) in [7, 11) is -3.27. The van der Waals surface area contributed by atoms with Crippen LogP contribution in [0.4, 0.5) is 11.4 Å². The molecule has 1 fully saturated rings. The zero-order valence-electron chi connectivity index (χ0n) is 19.5. The summed E-state index contributed by atoms with van der Waals surface area (Å²) in [5.41, 5.74) is 1.98. The van der Waals surface area contributed by atoms with Crippen molar-refractivity contribution in [1.29, 1.82) is 0 Å². The van der Waals surface area contributed by atoms with Crippen LogP contribution in [0.1, 0.15) is 32.3 Å². The Kier molecular flexibility index (Phi) is 6.65. The molecule has 1 N–H and O–H groups in total. The summed E-state index contributed by atoms with van der Waals surface area (Å²) in [6, 6.07) is 12.3. The number of aromatic nitrogens is 1. The quantitative estimate of drug-likeness (QED) is 0.407. The third-order valence-electron chi connectivity index (χ3n) is 5.81. The Bertz CT molecular complexity index is 1320. The molecule has 180 valence electrons. The highest BCUT2D eigenvalue weighted by atomic mass is 32.2. The number of nitrogens with zero attached hydrogens (tertiary/aromatic N) is 2. The molecule has 3 aromatic rings. The molecule has 4 rings (SSSR count). The predicted molar refractivity (Wildman–Crippen MR) is 132 cm³/mol. The Hall–Kier alpha value is -3.33. The van der Waals surface area contributed by atoms with Gasteiger partial charge in [-0.1, -0.05) is 19.9 Å². The summed E-state index contributed by atoms with van der Waals surface area (Å²) >= 11 is 0. The van der Waals surface area contributed by atoms with Crippen LogP contribution in [0.25, 0.3) is 10.8 Å². The number of pyridine rings is 1. The molecule has 0 bridgehead atoms. The number of aryl methyl sites for hydroxylation is 1. The molecule has 2 aromatic carbocycles. The van der Waals surface area contributed by atoms with Crippen molar-refractivity contribution < 1.29 is 22.7 Å². The van der Waals surface area contributed by atoms with Gasteiger partial charge in [0.1, 0.15) is 5.75 Å². The van der Waals surface area contributed by atoms with Crippen LogP contribution in [0.2, 0.25) is 0 Å². The van der Waals surface area contributed by atoms with Gasteiger partial charge in [0.15, 0.2) is 18.5 Å². The van der Waals surface area contributed by atoms with Gasteiger partial charge in [0.05, 0.1) is 16.8 Å². The van der Waals surface area contributed by atoms with E-state index < -0.39 is 16.1 Å². The number of fused-ring (bicyclic) bond motifs is 1. The number of carbonyl (C=O) groups is 1. The molecule has 1 aliphatic rings. The first-order valence-corrected chi connectivity index (χ1v) is 12.9. The smallest absolute Gasteiger partial charge is 0.265 e. The highest BCUT2D eigenvalue weighted by Gasteiger charge is 2.29. The van der Waals surface area contributed by atoms with Gasteiger partial charge < -0.3 is 15.3 Å². The van der Waals surface area contributed by atoms with E-state index in [0.29, 0.717) is 36.5 Å². The largest absolute Gasteiger partial charge is 0.619 e. The first kappa shape index (κ1) is 23.8. The van der Waals surface area contributed by atoms with Crippen molar-refractivity contribution in [3.8, 4) is 5.75 Å². The van der Waals surface area contributed by atoms with E-state index in [0.717, 1.165) is 21.1 Å². The van der Waals surface area contributed by atoms with E-state index in [1.54, 1.807) is 36.4 Å². The summed E-state index contributed by atoms with van der Waals surface area (Å²) in [4.78, 5) is 13.1. The third kappa shape index (κ3) is 5.25. The molecular formula is C25H29N3O5S. The second kappa shape index (κ2) is 9.50. The Morgan fingerprint density at radius 1 is 1.18 bits per heavy atom. The zero-order valence-corrected chi connectivity index (χ0v) is 20.3. The molecule has 1 aromatic heterocycles. The molecule has 0 spiro atoms. The Balaban J connectivity index is 1.52. The van der Waals surface area contributed by atoms with Crippen LogP contribution < -0.4 is 19.1 Å². The Morgan fingerprint density at radius 3 is 2.65 bits per heavy atom. The first-order chi connectivity index (χ1) is 16.1. The number of ether oxygens (including phenoxy) is 1. The fourth-order valence-electron chi connectivity index (χ4n) is 4.17. The van der Waals surface area contributed by atoms with E-state index in [4.69, 9.17) is 4.74 Å². The Morgan fingerprint density at radius 2 is 1.97 bits per heavy atom. The number of nitrogens with one attached hydrogen (secondary N) is 1. The van der Waals surface area contributed by atoms with E-state index in [1.807, 2.05) is 26.8 Å². The van der Waals surface area contributed by atoms with Gasteiger partial charge in [-0.2, -0.15) is 4.73 Å². The number of benzene rings is 2. The maximum Gasteiger partial charge on any atom is 0.265 e. The fourth-order valence-corrected chi connectivity index (χ4v) is 5.80. The molecule has 8 nitrogen and oxygen atoms in total. The van der Waals surface area contributed by atoms with Crippen molar-refractivity contribution >= 4 is 38.1 Å². The van der Waals surface area contributed by atoms with Crippen LogP contribution in [0, 0.1) is 18.0 Å². The van der Waals surface area contributed by atoms with Crippen molar-refractivity contribution in [2.75, 3.05) is 21.9 Å². The molecule has 2 heterocycles. The number of rotatable bonds is 7. The van der Waals surface area contributed by atoms with E-state index in [1.165, 1.54) is 16.7 Å². The highest BCUT2D eigenvalue weighted by molar-refractivity contribution is 7.93. The van der Waals surface area contributed by atoms with Gasteiger partial charge in [-0.3, -0.25) is 9.10 Å². The van der Waals surface area contributed by atoms with Gasteiger partial charge in [0.25, 0.3) is 5.91 Å². The van der Waals surface area contributed by atoms with Gasteiger partial charge in [-0.15, -0.1) is 0 Å². The van der Waals surface area contributed by atoms with Gasteiger partial charge in [-0.05, 0) is 67.0 Å². The summed E-state index contributed by atoms with van der Waals surface area (Å²) in [5, 5.41) is 16.2. The molecule has 1 amide bonds. The number of amides is 1. The molecule has 1 saturated heterocycles. The SMILES string of the molecule is Cc1cc(NC(=O)C(CC(C)C)Oc2ccc3cc[n+]([O-])cc3c2)ccc1N1CCCS1(=O)=O. The molecule has 0 saturated carbocycles. The van der Waals surface area contributed by atoms with Crippen LogP contribution >= 0.6 is 0 Å². The van der Waals surface area contributed by atoms with Gasteiger partial charge in [0.2, 0.25) is 10.0 Å². The summed E-state index contributed by atoms with van der Waals surface area (Å²) in [6.45, 7) is 6.33. The topological polar surface area (TPSA) is 103 Å². The second-order valence-corrected chi connectivity index (χ2v) is 11.1. The van der Waals surface area contributed by atoms with Gasteiger partial charge >= 0.3 is 0 Å². The first-order valence-electron chi connectivity index (χ1n) is 11.3. The normalized spacial score (nSPS) is 16.1. The summed E-state index contributed by atoms with van der Waals surface area (Å²) in [5.74, 6) is 0.583. The molecule has 1 atom stereocenters. The lowest BCUT2D eigenvalue weighted by molar-refractivity contribution is -0.603. The number of hydrogen-bond acceptors (Lipinski definition) is 5. The molecule has 1 unspecified atom stereocenters. The van der Waals surface area contributed by atoms with Crippen LogP contribution in [0.15, 0.2) is 54.9 Å². The van der Waals surface area contributed by atoms with Crippen molar-refractivity contribution in [3.63, 3.8) is 0 Å². The predicted octanol–water partition coefficient (Wildman–Crippen LogP) is 3.75. The number of sulfonamides is 1. The lowest BCUT2D eigenvalue weighted by atomic mass is 10.0. The second-order valence-electron chi connectivity index (χ2n) is 9.06. The summed E-state index contributed by atoms with van der Waals surface area (Å²) in [6.07, 6.45) is 3.27. The maximum atomic E-state index is 13.1. The minimum absolute atomic E-state index is 0.155. The van der Waals surface area contributed by atoms with Crippen molar-refractivity contribution in [2.24, 2.45) is 5.92 Å². The van der Waals surface area contributed by atoms with Crippen molar-refractivity contribution in [3.05, 3.63) is 65.6 Å². The monoisotopic (exact) mass is 483 g/mol. The average Bonchev–Trinajstić information content (AvgIpc) is 3.11. The fraction of sp³-hybridized carbons (Fsp3) is 0.360. The van der Waals surface area contributed by atoms with E-state index in [-0.39, 0.29) is 17.6 Å². The molecule has 1 aliphatic heterocycles. The molecule has 0 aliphatic carbocycles. The summed E-state index contributed by atoms with van der Waals surface area (Å²) < 4.78 is 32.7. The average molecular weight is 484 g/mol. The third-order valence-corrected chi connectivity index (χ3v) is 7.67. The van der Waals surface area contributed by atoms with E-state index in [9.17, 15) is 18.4 Å².